The molecule has 0 aliphatic rings. The second-order valence-electron chi connectivity index (χ2n) is 6.41. The summed E-state index contributed by atoms with van der Waals surface area (Å²) in [6.45, 7) is 7.37. The van der Waals surface area contributed by atoms with E-state index in [0.29, 0.717) is 36.7 Å². The van der Waals surface area contributed by atoms with E-state index in [1.165, 1.54) is 7.11 Å². The Morgan fingerprint density at radius 3 is 2.33 bits per heavy atom. The summed E-state index contributed by atoms with van der Waals surface area (Å²) in [6.07, 6.45) is 0. The Hall–Kier alpha value is -2.60. The van der Waals surface area contributed by atoms with Gasteiger partial charge in [0.2, 0.25) is 5.91 Å². The summed E-state index contributed by atoms with van der Waals surface area (Å²) in [5, 5.41) is 0. The van der Waals surface area contributed by atoms with Crippen molar-refractivity contribution in [2.45, 2.75) is 33.4 Å². The summed E-state index contributed by atoms with van der Waals surface area (Å²) in [6, 6.07) is 10.9. The molecular formula is C21H28N2O4. The van der Waals surface area contributed by atoms with Crippen LogP contribution in [0.15, 0.2) is 40.8 Å². The molecule has 27 heavy (non-hydrogen) atoms. The van der Waals surface area contributed by atoms with E-state index in [-0.39, 0.29) is 5.91 Å². The van der Waals surface area contributed by atoms with Crippen LogP contribution in [0.3, 0.4) is 0 Å². The first kappa shape index (κ1) is 20.7. The van der Waals surface area contributed by atoms with Crippen LogP contribution >= 0.6 is 0 Å². The first-order valence-corrected chi connectivity index (χ1v) is 9.14. The highest BCUT2D eigenvalue weighted by Crippen LogP contribution is 2.25. The standard InChI is InChI=1S/C21H28N2O4/c1-6-23(7-2)20(24)19(16-11-9-8-10-12-16)22(4)14-17-13-18(15(3)27-17)21(25)26-5/h8-13,19H,6-7,14H2,1-5H3. The molecule has 0 spiro atoms. The lowest BCUT2D eigenvalue weighted by Gasteiger charge is -2.31. The van der Waals surface area contributed by atoms with Gasteiger partial charge in [-0.3, -0.25) is 9.69 Å². The number of ether oxygens (including phenoxy) is 1. The maximum atomic E-state index is 13.1. The molecule has 0 radical (unpaired) electrons. The number of rotatable bonds is 8. The minimum atomic E-state index is -0.432. The Kier molecular flexibility index (Phi) is 7.19. The number of carbonyl (C=O) groups is 2. The highest BCUT2D eigenvalue weighted by molar-refractivity contribution is 5.90. The van der Waals surface area contributed by atoms with E-state index < -0.39 is 12.0 Å². The Morgan fingerprint density at radius 1 is 1.15 bits per heavy atom. The number of esters is 1. The van der Waals surface area contributed by atoms with Crippen molar-refractivity contribution in [1.29, 1.82) is 0 Å². The maximum absolute atomic E-state index is 13.1. The van der Waals surface area contributed by atoms with Gasteiger partial charge in [-0.25, -0.2) is 4.79 Å². The fourth-order valence-electron chi connectivity index (χ4n) is 3.20. The molecule has 1 atom stereocenters. The second kappa shape index (κ2) is 9.37. The lowest BCUT2D eigenvalue weighted by Crippen LogP contribution is -2.41. The van der Waals surface area contributed by atoms with Gasteiger partial charge < -0.3 is 14.1 Å². The molecule has 6 heteroatoms. The number of benzene rings is 1. The molecule has 1 unspecified atom stereocenters. The van der Waals surface area contributed by atoms with Gasteiger partial charge in [0, 0.05) is 13.1 Å². The summed E-state index contributed by atoms with van der Waals surface area (Å²) in [7, 11) is 3.23. The van der Waals surface area contributed by atoms with Crippen molar-refractivity contribution in [3.63, 3.8) is 0 Å². The molecule has 1 heterocycles. The molecule has 0 bridgehead atoms. The van der Waals surface area contributed by atoms with Crippen molar-refractivity contribution in [3.05, 3.63) is 59.0 Å². The number of hydrogen-bond donors (Lipinski definition) is 0. The van der Waals surface area contributed by atoms with Crippen molar-refractivity contribution < 1.29 is 18.7 Å². The minimum absolute atomic E-state index is 0.0465. The fourth-order valence-corrected chi connectivity index (χ4v) is 3.20. The van der Waals surface area contributed by atoms with Crippen LogP contribution in [-0.4, -0.2) is 48.9 Å². The van der Waals surface area contributed by atoms with Gasteiger partial charge >= 0.3 is 5.97 Å². The summed E-state index contributed by atoms with van der Waals surface area (Å²) >= 11 is 0. The molecule has 0 N–H and O–H groups in total. The Bertz CT molecular complexity index is 766. The molecule has 146 valence electrons. The number of nitrogens with zero attached hydrogens (tertiary/aromatic N) is 2. The fraction of sp³-hybridized carbons (Fsp3) is 0.429. The summed E-state index contributed by atoms with van der Waals surface area (Å²) in [5.74, 6) is 0.745. The summed E-state index contributed by atoms with van der Waals surface area (Å²) in [5.41, 5.74) is 1.33. The van der Waals surface area contributed by atoms with Gasteiger partial charge in [-0.05, 0) is 39.4 Å². The number of amides is 1. The molecule has 0 fully saturated rings. The third kappa shape index (κ3) is 4.77. The average molecular weight is 372 g/mol. The number of aryl methyl sites for hydroxylation is 1. The Labute approximate surface area is 160 Å². The smallest absolute Gasteiger partial charge is 0.341 e. The van der Waals surface area contributed by atoms with Gasteiger partial charge in [0.15, 0.2) is 0 Å². The van der Waals surface area contributed by atoms with Gasteiger partial charge in [-0.2, -0.15) is 0 Å². The summed E-state index contributed by atoms with van der Waals surface area (Å²) < 4.78 is 10.5. The predicted octanol–water partition coefficient (Wildman–Crippen LogP) is 3.42. The largest absolute Gasteiger partial charge is 0.465 e. The third-order valence-corrected chi connectivity index (χ3v) is 4.64. The predicted molar refractivity (Wildman–Crippen MR) is 103 cm³/mol. The van der Waals surface area contributed by atoms with Crippen molar-refractivity contribution in [2.75, 3.05) is 27.2 Å². The first-order chi connectivity index (χ1) is 12.9. The topological polar surface area (TPSA) is 63.0 Å². The van der Waals surface area contributed by atoms with E-state index in [0.717, 1.165) is 5.56 Å². The minimum Gasteiger partial charge on any atom is -0.465 e. The zero-order valence-electron chi connectivity index (χ0n) is 16.7. The lowest BCUT2D eigenvalue weighted by molar-refractivity contribution is -0.136. The van der Waals surface area contributed by atoms with Crippen LogP contribution in [0.4, 0.5) is 0 Å². The van der Waals surface area contributed by atoms with Crippen LogP contribution in [0.5, 0.6) is 0 Å². The third-order valence-electron chi connectivity index (χ3n) is 4.64. The van der Waals surface area contributed by atoms with E-state index in [9.17, 15) is 9.59 Å². The molecular weight excluding hydrogens is 344 g/mol. The molecule has 2 aromatic rings. The van der Waals surface area contributed by atoms with Crippen LogP contribution in [0.2, 0.25) is 0 Å². The maximum Gasteiger partial charge on any atom is 0.341 e. The zero-order chi connectivity index (χ0) is 20.0. The molecule has 1 aromatic carbocycles. The van der Waals surface area contributed by atoms with Gasteiger partial charge in [0.25, 0.3) is 0 Å². The monoisotopic (exact) mass is 372 g/mol. The van der Waals surface area contributed by atoms with E-state index in [1.807, 2.05) is 61.0 Å². The molecule has 0 aliphatic carbocycles. The SMILES string of the molecule is CCN(CC)C(=O)C(c1ccccc1)N(C)Cc1cc(C(=O)OC)c(C)o1. The first-order valence-electron chi connectivity index (χ1n) is 9.14. The van der Waals surface area contributed by atoms with Crippen LogP contribution in [0.25, 0.3) is 0 Å². The lowest BCUT2D eigenvalue weighted by atomic mass is 10.0. The number of hydrogen-bond acceptors (Lipinski definition) is 5. The quantitative estimate of drug-likeness (QED) is 0.665. The van der Waals surface area contributed by atoms with E-state index in [2.05, 4.69) is 0 Å². The van der Waals surface area contributed by atoms with Gasteiger partial charge in [-0.1, -0.05) is 30.3 Å². The highest BCUT2D eigenvalue weighted by Gasteiger charge is 2.29. The molecule has 0 saturated heterocycles. The Morgan fingerprint density at radius 2 is 1.78 bits per heavy atom. The van der Waals surface area contributed by atoms with Gasteiger partial charge in [0.05, 0.1) is 13.7 Å². The van der Waals surface area contributed by atoms with Crippen molar-refractivity contribution in [3.8, 4) is 0 Å². The molecule has 2 rings (SSSR count). The van der Waals surface area contributed by atoms with E-state index in [4.69, 9.17) is 9.15 Å². The molecule has 1 amide bonds. The van der Waals surface area contributed by atoms with Gasteiger partial charge in [0.1, 0.15) is 23.1 Å². The van der Waals surface area contributed by atoms with Crippen LogP contribution < -0.4 is 0 Å². The molecule has 0 saturated carbocycles. The number of carbonyl (C=O) groups excluding carboxylic acids is 2. The van der Waals surface area contributed by atoms with E-state index in [1.54, 1.807) is 13.0 Å². The van der Waals surface area contributed by atoms with Crippen LogP contribution in [0, 0.1) is 6.92 Å². The second-order valence-corrected chi connectivity index (χ2v) is 6.41. The van der Waals surface area contributed by atoms with Crippen LogP contribution in [0.1, 0.15) is 47.3 Å². The summed E-state index contributed by atoms with van der Waals surface area (Å²) in [4.78, 5) is 28.7. The Balaban J connectivity index is 2.30. The molecule has 6 nitrogen and oxygen atoms in total. The van der Waals surface area contributed by atoms with Gasteiger partial charge in [-0.15, -0.1) is 0 Å². The molecule has 0 aliphatic heterocycles. The van der Waals surface area contributed by atoms with Crippen molar-refractivity contribution in [1.82, 2.24) is 9.80 Å². The zero-order valence-corrected chi connectivity index (χ0v) is 16.7. The van der Waals surface area contributed by atoms with Crippen LogP contribution in [-0.2, 0) is 16.1 Å². The number of furan rings is 1. The van der Waals surface area contributed by atoms with Crippen molar-refractivity contribution in [2.24, 2.45) is 0 Å². The highest BCUT2D eigenvalue weighted by atomic mass is 16.5. The number of methoxy groups -OCH3 is 1. The molecule has 1 aromatic heterocycles. The van der Waals surface area contributed by atoms with Crippen molar-refractivity contribution >= 4 is 11.9 Å². The number of likely N-dealkylation sites (N-methyl/N-ethyl adjacent to an activating group) is 2. The van der Waals surface area contributed by atoms with E-state index >= 15 is 0 Å². The average Bonchev–Trinajstić information content (AvgIpc) is 3.03. The normalized spacial score (nSPS) is 12.1.